The van der Waals surface area contributed by atoms with Gasteiger partial charge in [-0.1, -0.05) is 31.7 Å². The van der Waals surface area contributed by atoms with Crippen LogP contribution in [-0.2, 0) is 10.4 Å². The normalized spacial score (nSPS) is 18.2. The largest absolute Gasteiger partial charge is 0.383 e. The van der Waals surface area contributed by atoms with Crippen molar-refractivity contribution in [1.29, 1.82) is 0 Å². The molecule has 1 aliphatic rings. The molecule has 2 N–H and O–H groups in total. The zero-order chi connectivity index (χ0) is 16.2. The zero-order valence-electron chi connectivity index (χ0n) is 12.9. The highest BCUT2D eigenvalue weighted by Crippen LogP contribution is 2.28. The molecule has 1 aromatic rings. The average molecular weight is 311 g/mol. The molecule has 122 valence electrons. The first-order valence-corrected chi connectivity index (χ1v) is 7.83. The molecule has 0 radical (unpaired) electrons. The first-order valence-electron chi connectivity index (χ1n) is 7.83. The van der Waals surface area contributed by atoms with Crippen molar-refractivity contribution in [1.82, 2.24) is 5.32 Å². The molecule has 1 fully saturated rings. The zero-order valence-corrected chi connectivity index (χ0v) is 12.9. The number of hydrogen-bond acceptors (Lipinski definition) is 2. The number of carbonyl (C=O) groups excluding carboxylic acids is 1. The molecule has 1 saturated carbocycles. The minimum atomic E-state index is -1.57. The number of benzene rings is 1. The molecule has 0 aliphatic heterocycles. The van der Waals surface area contributed by atoms with E-state index in [1.807, 2.05) is 0 Å². The lowest BCUT2D eigenvalue weighted by Crippen LogP contribution is -2.39. The minimum Gasteiger partial charge on any atom is -0.383 e. The van der Waals surface area contributed by atoms with Crippen molar-refractivity contribution in [2.24, 2.45) is 5.92 Å². The van der Waals surface area contributed by atoms with Crippen molar-refractivity contribution in [2.45, 2.75) is 51.0 Å². The van der Waals surface area contributed by atoms with Crippen molar-refractivity contribution >= 4 is 5.91 Å². The van der Waals surface area contributed by atoms with Gasteiger partial charge in [0.2, 0.25) is 5.91 Å². The van der Waals surface area contributed by atoms with Gasteiger partial charge < -0.3 is 10.4 Å². The van der Waals surface area contributed by atoms with E-state index in [1.54, 1.807) is 0 Å². The molecule has 0 bridgehead atoms. The van der Waals surface area contributed by atoms with Crippen molar-refractivity contribution in [3.63, 3.8) is 0 Å². The van der Waals surface area contributed by atoms with Crippen LogP contribution < -0.4 is 5.32 Å². The molecule has 5 heteroatoms. The van der Waals surface area contributed by atoms with Crippen LogP contribution in [0.4, 0.5) is 8.78 Å². The Morgan fingerprint density at radius 1 is 1.36 bits per heavy atom. The van der Waals surface area contributed by atoms with E-state index in [0.717, 1.165) is 18.6 Å². The van der Waals surface area contributed by atoms with Crippen LogP contribution in [-0.4, -0.2) is 17.6 Å². The van der Waals surface area contributed by atoms with Crippen LogP contribution in [0.2, 0.25) is 0 Å². The maximum atomic E-state index is 13.7. The van der Waals surface area contributed by atoms with Gasteiger partial charge in [-0.2, -0.15) is 0 Å². The standard InChI is InChI=1S/C17H23F2NO2/c1-17(22,14-8-7-13(18)10-15(14)19)11-20-16(21)9-6-12-4-2-3-5-12/h7-8,10,12,22H,2-6,9,11H2,1H3,(H,20,21). The maximum absolute atomic E-state index is 13.7. The van der Waals surface area contributed by atoms with Gasteiger partial charge in [0.25, 0.3) is 0 Å². The number of nitrogens with one attached hydrogen (secondary N) is 1. The molecule has 1 atom stereocenters. The second kappa shape index (κ2) is 7.18. The van der Waals surface area contributed by atoms with Crippen molar-refractivity contribution in [2.75, 3.05) is 6.54 Å². The van der Waals surface area contributed by atoms with E-state index in [9.17, 15) is 18.7 Å². The number of aliphatic hydroxyl groups is 1. The van der Waals surface area contributed by atoms with E-state index < -0.39 is 17.2 Å². The van der Waals surface area contributed by atoms with Gasteiger partial charge in [0.15, 0.2) is 0 Å². The Hall–Kier alpha value is -1.49. The molecular weight excluding hydrogens is 288 g/mol. The van der Waals surface area contributed by atoms with Gasteiger partial charge in [0, 0.05) is 18.1 Å². The van der Waals surface area contributed by atoms with Crippen LogP contribution in [0.25, 0.3) is 0 Å². The van der Waals surface area contributed by atoms with Gasteiger partial charge in [0.05, 0.1) is 6.54 Å². The van der Waals surface area contributed by atoms with E-state index in [1.165, 1.54) is 38.7 Å². The van der Waals surface area contributed by atoms with Crippen LogP contribution in [0.3, 0.4) is 0 Å². The van der Waals surface area contributed by atoms with Gasteiger partial charge in [-0.15, -0.1) is 0 Å². The fraction of sp³-hybridized carbons (Fsp3) is 0.588. The Kier molecular flexibility index (Phi) is 5.51. The first-order chi connectivity index (χ1) is 10.4. The third-order valence-corrected chi connectivity index (χ3v) is 4.40. The summed E-state index contributed by atoms with van der Waals surface area (Å²) in [7, 11) is 0. The highest BCUT2D eigenvalue weighted by Gasteiger charge is 2.27. The molecule has 1 amide bonds. The van der Waals surface area contributed by atoms with Gasteiger partial charge in [-0.3, -0.25) is 4.79 Å². The number of carbonyl (C=O) groups is 1. The summed E-state index contributed by atoms with van der Waals surface area (Å²) < 4.78 is 26.6. The van der Waals surface area contributed by atoms with Gasteiger partial charge in [-0.05, 0) is 25.3 Å². The molecule has 1 aromatic carbocycles. The molecule has 1 unspecified atom stereocenters. The third kappa shape index (κ3) is 4.50. The first kappa shape index (κ1) is 16.9. The molecule has 0 saturated heterocycles. The van der Waals surface area contributed by atoms with Crippen molar-refractivity contribution in [3.05, 3.63) is 35.4 Å². The summed E-state index contributed by atoms with van der Waals surface area (Å²) in [6.07, 6.45) is 6.14. The van der Waals surface area contributed by atoms with Crippen molar-refractivity contribution < 1.29 is 18.7 Å². The molecule has 22 heavy (non-hydrogen) atoms. The van der Waals surface area contributed by atoms with Gasteiger partial charge in [0.1, 0.15) is 17.2 Å². The fourth-order valence-electron chi connectivity index (χ4n) is 3.01. The van der Waals surface area contributed by atoms with E-state index >= 15 is 0 Å². The number of hydrogen-bond donors (Lipinski definition) is 2. The number of amides is 1. The van der Waals surface area contributed by atoms with Crippen LogP contribution in [0.1, 0.15) is 51.0 Å². The van der Waals surface area contributed by atoms with Crippen LogP contribution in [0.15, 0.2) is 18.2 Å². The van der Waals surface area contributed by atoms with Crippen LogP contribution in [0.5, 0.6) is 0 Å². The van der Waals surface area contributed by atoms with Crippen LogP contribution >= 0.6 is 0 Å². The van der Waals surface area contributed by atoms with Gasteiger partial charge >= 0.3 is 0 Å². The predicted molar refractivity (Wildman–Crippen MR) is 80.1 cm³/mol. The van der Waals surface area contributed by atoms with E-state index in [2.05, 4.69) is 5.32 Å². The highest BCUT2D eigenvalue weighted by atomic mass is 19.1. The molecule has 3 nitrogen and oxygen atoms in total. The average Bonchev–Trinajstić information content (AvgIpc) is 2.96. The molecule has 1 aliphatic carbocycles. The summed E-state index contributed by atoms with van der Waals surface area (Å²) in [6.45, 7) is 1.31. The Labute approximate surface area is 129 Å². The number of rotatable bonds is 6. The Balaban J connectivity index is 1.84. The third-order valence-electron chi connectivity index (χ3n) is 4.40. The molecule has 2 rings (SSSR count). The SMILES string of the molecule is CC(O)(CNC(=O)CCC1CCCC1)c1ccc(F)cc1F. The summed E-state index contributed by atoms with van der Waals surface area (Å²) >= 11 is 0. The molecule has 0 heterocycles. The minimum absolute atomic E-state index is 0.0232. The van der Waals surface area contributed by atoms with E-state index in [-0.39, 0.29) is 18.0 Å². The van der Waals surface area contributed by atoms with E-state index in [4.69, 9.17) is 0 Å². The molecule has 0 aromatic heterocycles. The molecular formula is C17H23F2NO2. The second-order valence-electron chi connectivity index (χ2n) is 6.36. The van der Waals surface area contributed by atoms with Gasteiger partial charge in [-0.25, -0.2) is 8.78 Å². The smallest absolute Gasteiger partial charge is 0.220 e. The Bertz CT molecular complexity index is 525. The second-order valence-corrected chi connectivity index (χ2v) is 6.36. The highest BCUT2D eigenvalue weighted by molar-refractivity contribution is 5.75. The lowest BCUT2D eigenvalue weighted by molar-refractivity contribution is -0.122. The quantitative estimate of drug-likeness (QED) is 0.847. The lowest BCUT2D eigenvalue weighted by Gasteiger charge is -2.25. The Morgan fingerprint density at radius 3 is 2.68 bits per heavy atom. The monoisotopic (exact) mass is 311 g/mol. The summed E-state index contributed by atoms with van der Waals surface area (Å²) in [6, 6.07) is 3.02. The molecule has 0 spiro atoms. The number of halogens is 2. The van der Waals surface area contributed by atoms with E-state index in [0.29, 0.717) is 12.3 Å². The van der Waals surface area contributed by atoms with Crippen molar-refractivity contribution in [3.8, 4) is 0 Å². The summed E-state index contributed by atoms with van der Waals surface area (Å²) in [5.41, 5.74) is -1.59. The topological polar surface area (TPSA) is 49.3 Å². The summed E-state index contributed by atoms with van der Waals surface area (Å²) in [5.74, 6) is -1.03. The van der Waals surface area contributed by atoms with Crippen LogP contribution in [0, 0.1) is 17.6 Å². The Morgan fingerprint density at radius 2 is 2.05 bits per heavy atom. The summed E-state index contributed by atoms with van der Waals surface area (Å²) in [5, 5.41) is 12.9. The summed E-state index contributed by atoms with van der Waals surface area (Å²) in [4.78, 5) is 11.8. The maximum Gasteiger partial charge on any atom is 0.220 e. The lowest BCUT2D eigenvalue weighted by atomic mass is 9.95. The fourth-order valence-corrected chi connectivity index (χ4v) is 3.01. The predicted octanol–water partition coefficient (Wildman–Crippen LogP) is 3.26.